The Bertz CT molecular complexity index is 2210. The van der Waals surface area contributed by atoms with E-state index in [-0.39, 0.29) is 0 Å². The van der Waals surface area contributed by atoms with Crippen molar-refractivity contribution in [1.29, 1.82) is 0 Å². The molecule has 0 spiro atoms. The lowest BCUT2D eigenvalue weighted by Gasteiger charge is -2.16. The number of rotatable bonds is 5. The second-order valence-corrected chi connectivity index (χ2v) is 10.7. The fourth-order valence-electron chi connectivity index (χ4n) is 6.12. The molecule has 7 aromatic carbocycles. The Balaban J connectivity index is 1.26. The highest BCUT2D eigenvalue weighted by Gasteiger charge is 2.14. The van der Waals surface area contributed by atoms with E-state index in [0.29, 0.717) is 0 Å². The van der Waals surface area contributed by atoms with Crippen LogP contribution in [0.5, 0.6) is 0 Å². The van der Waals surface area contributed by atoms with E-state index < -0.39 is 0 Å². The smallest absolute Gasteiger partial charge is 0.0561 e. The molecule has 0 radical (unpaired) electrons. The first-order chi connectivity index (χ1) is 20.8. The van der Waals surface area contributed by atoms with Crippen molar-refractivity contribution in [2.24, 2.45) is 0 Å². The summed E-state index contributed by atoms with van der Waals surface area (Å²) in [7, 11) is 0. The summed E-state index contributed by atoms with van der Waals surface area (Å²) in [6, 6.07) is 58.6. The van der Waals surface area contributed by atoms with Gasteiger partial charge in [0.05, 0.1) is 11.0 Å². The largest absolute Gasteiger partial charge is 0.355 e. The molecule has 0 aliphatic carbocycles. The lowest BCUT2D eigenvalue weighted by Crippen LogP contribution is -1.96. The summed E-state index contributed by atoms with van der Waals surface area (Å²) in [4.78, 5) is 0. The van der Waals surface area contributed by atoms with Crippen LogP contribution in [0.15, 0.2) is 164 Å². The summed E-state index contributed by atoms with van der Waals surface area (Å²) >= 11 is 0. The molecule has 42 heavy (non-hydrogen) atoms. The summed E-state index contributed by atoms with van der Waals surface area (Å²) in [5, 5.41) is 8.79. The average Bonchev–Trinajstić information content (AvgIpc) is 3.39. The molecule has 0 atom stereocenters. The molecular weight excluding hydrogens is 508 g/mol. The second kappa shape index (κ2) is 10.1. The molecule has 0 aliphatic rings. The molecule has 2 heteroatoms. The summed E-state index contributed by atoms with van der Waals surface area (Å²) < 4.78 is 2.36. The predicted octanol–water partition coefficient (Wildman–Crippen LogP) is 11.0. The number of nitrogens with zero attached hydrogens (tertiary/aromatic N) is 1. The molecule has 2 nitrogen and oxygen atoms in total. The van der Waals surface area contributed by atoms with Gasteiger partial charge in [-0.1, -0.05) is 115 Å². The van der Waals surface area contributed by atoms with Crippen LogP contribution in [0.2, 0.25) is 0 Å². The van der Waals surface area contributed by atoms with E-state index in [4.69, 9.17) is 0 Å². The Labute approximate surface area is 245 Å². The van der Waals surface area contributed by atoms with E-state index in [9.17, 15) is 0 Å². The van der Waals surface area contributed by atoms with Gasteiger partial charge >= 0.3 is 0 Å². The van der Waals surface area contributed by atoms with Gasteiger partial charge in [0, 0.05) is 33.4 Å². The van der Waals surface area contributed by atoms with Crippen molar-refractivity contribution in [3.63, 3.8) is 0 Å². The number of hydrogen-bond donors (Lipinski definition) is 1. The highest BCUT2D eigenvalue weighted by Crippen LogP contribution is 2.38. The molecule has 0 bridgehead atoms. The van der Waals surface area contributed by atoms with Crippen LogP contribution in [-0.2, 0) is 0 Å². The summed E-state index contributed by atoms with van der Waals surface area (Å²) in [5.74, 6) is 0. The molecule has 8 aromatic rings. The number of nitrogens with one attached hydrogen (secondary N) is 1. The zero-order valence-corrected chi connectivity index (χ0v) is 23.0. The van der Waals surface area contributed by atoms with Gasteiger partial charge in [-0.15, -0.1) is 0 Å². The van der Waals surface area contributed by atoms with E-state index in [1.165, 1.54) is 54.8 Å². The van der Waals surface area contributed by atoms with E-state index >= 15 is 0 Å². The summed E-state index contributed by atoms with van der Waals surface area (Å²) in [6.07, 6.45) is 0. The third-order valence-electron chi connectivity index (χ3n) is 8.15. The van der Waals surface area contributed by atoms with Gasteiger partial charge in [-0.05, 0) is 76.0 Å². The first kappa shape index (κ1) is 24.2. The van der Waals surface area contributed by atoms with E-state index in [0.717, 1.165) is 17.1 Å². The quantitative estimate of drug-likeness (QED) is 0.231. The van der Waals surface area contributed by atoms with E-state index in [2.05, 4.69) is 174 Å². The molecular formula is C40H28N2. The Hall–Kier alpha value is -5.60. The first-order valence-electron chi connectivity index (χ1n) is 14.4. The molecule has 0 saturated heterocycles. The van der Waals surface area contributed by atoms with Gasteiger partial charge < -0.3 is 9.88 Å². The van der Waals surface area contributed by atoms with Gasteiger partial charge in [0.2, 0.25) is 0 Å². The molecule has 8 rings (SSSR count). The van der Waals surface area contributed by atoms with Crippen LogP contribution in [0.25, 0.3) is 60.5 Å². The SMILES string of the molecule is c1ccc(-c2cc(-c3ccc4ccccc4c3)ccc2Nc2ccc3c4ccccc4n(-c4ccccc4)c3c2)cc1. The number of anilines is 2. The van der Waals surface area contributed by atoms with Crippen molar-refractivity contribution in [2.75, 3.05) is 5.32 Å². The van der Waals surface area contributed by atoms with Crippen LogP contribution in [0.4, 0.5) is 11.4 Å². The molecule has 0 saturated carbocycles. The normalized spacial score (nSPS) is 11.3. The number of benzene rings is 7. The van der Waals surface area contributed by atoms with Gasteiger partial charge in [-0.3, -0.25) is 0 Å². The van der Waals surface area contributed by atoms with Crippen molar-refractivity contribution >= 4 is 44.0 Å². The maximum Gasteiger partial charge on any atom is 0.0561 e. The zero-order chi connectivity index (χ0) is 27.9. The predicted molar refractivity (Wildman–Crippen MR) is 179 cm³/mol. The van der Waals surface area contributed by atoms with Crippen LogP contribution in [-0.4, -0.2) is 4.57 Å². The van der Waals surface area contributed by atoms with Crippen LogP contribution < -0.4 is 5.32 Å². The highest BCUT2D eigenvalue weighted by molar-refractivity contribution is 6.10. The standard InChI is InChI=1S/C40H28N2/c1-3-12-29(13-4-1)37-26-32(31-20-19-28-11-7-8-14-30(28)25-31)21-24-38(37)41-33-22-23-36-35-17-9-10-18-39(35)42(40(36)27-33)34-15-5-2-6-16-34/h1-27,41H. The number of fused-ring (bicyclic) bond motifs is 4. The molecule has 1 N–H and O–H groups in total. The van der Waals surface area contributed by atoms with Crippen LogP contribution in [0.3, 0.4) is 0 Å². The van der Waals surface area contributed by atoms with Crippen LogP contribution in [0.1, 0.15) is 0 Å². The van der Waals surface area contributed by atoms with Gasteiger partial charge in [0.15, 0.2) is 0 Å². The Kier molecular flexibility index (Phi) is 5.82. The fraction of sp³-hybridized carbons (Fsp3) is 0. The molecule has 1 heterocycles. The summed E-state index contributed by atoms with van der Waals surface area (Å²) in [6.45, 7) is 0. The third-order valence-corrected chi connectivity index (χ3v) is 8.15. The zero-order valence-electron chi connectivity index (χ0n) is 23.0. The minimum atomic E-state index is 1.05. The topological polar surface area (TPSA) is 17.0 Å². The van der Waals surface area contributed by atoms with Gasteiger partial charge in [-0.25, -0.2) is 0 Å². The van der Waals surface area contributed by atoms with Gasteiger partial charge in [-0.2, -0.15) is 0 Å². The van der Waals surface area contributed by atoms with Crippen molar-refractivity contribution < 1.29 is 0 Å². The average molecular weight is 537 g/mol. The molecule has 198 valence electrons. The van der Waals surface area contributed by atoms with Gasteiger partial charge in [0.25, 0.3) is 0 Å². The van der Waals surface area contributed by atoms with Crippen molar-refractivity contribution in [2.45, 2.75) is 0 Å². The van der Waals surface area contributed by atoms with Crippen molar-refractivity contribution in [3.8, 4) is 27.9 Å². The van der Waals surface area contributed by atoms with Gasteiger partial charge in [0.1, 0.15) is 0 Å². The third kappa shape index (κ3) is 4.22. The monoisotopic (exact) mass is 536 g/mol. The first-order valence-corrected chi connectivity index (χ1v) is 14.4. The Morgan fingerprint density at radius 3 is 1.93 bits per heavy atom. The lowest BCUT2D eigenvalue weighted by atomic mass is 9.96. The Morgan fingerprint density at radius 2 is 1.07 bits per heavy atom. The molecule has 0 fully saturated rings. The van der Waals surface area contributed by atoms with Crippen LogP contribution in [0, 0.1) is 0 Å². The second-order valence-electron chi connectivity index (χ2n) is 10.7. The van der Waals surface area contributed by atoms with Crippen LogP contribution >= 0.6 is 0 Å². The maximum atomic E-state index is 3.78. The molecule has 0 amide bonds. The molecule has 0 aliphatic heterocycles. The number of para-hydroxylation sites is 2. The minimum absolute atomic E-state index is 1.05. The number of hydrogen-bond acceptors (Lipinski definition) is 1. The number of aromatic nitrogens is 1. The van der Waals surface area contributed by atoms with Crippen molar-refractivity contribution in [3.05, 3.63) is 164 Å². The highest BCUT2D eigenvalue weighted by atomic mass is 15.0. The summed E-state index contributed by atoms with van der Waals surface area (Å²) in [5.41, 5.74) is 10.4. The Morgan fingerprint density at radius 1 is 0.405 bits per heavy atom. The molecule has 0 unspecified atom stereocenters. The van der Waals surface area contributed by atoms with E-state index in [1.54, 1.807) is 0 Å². The lowest BCUT2D eigenvalue weighted by molar-refractivity contribution is 1.18. The maximum absolute atomic E-state index is 3.78. The van der Waals surface area contributed by atoms with Crippen molar-refractivity contribution in [1.82, 2.24) is 4.57 Å². The van der Waals surface area contributed by atoms with E-state index in [1.807, 2.05) is 0 Å². The minimum Gasteiger partial charge on any atom is -0.355 e. The fourth-order valence-corrected chi connectivity index (χ4v) is 6.12. The molecule has 1 aromatic heterocycles.